The Labute approximate surface area is 178 Å². The van der Waals surface area contributed by atoms with Gasteiger partial charge >= 0.3 is 0 Å². The summed E-state index contributed by atoms with van der Waals surface area (Å²) in [7, 11) is -3.47. The Hall–Kier alpha value is -2.57. The van der Waals surface area contributed by atoms with Gasteiger partial charge in [-0.1, -0.05) is 44.2 Å². The Morgan fingerprint density at radius 2 is 1.80 bits per heavy atom. The third-order valence-electron chi connectivity index (χ3n) is 5.97. The van der Waals surface area contributed by atoms with Crippen LogP contribution in [0.15, 0.2) is 59.5 Å². The first-order valence-corrected chi connectivity index (χ1v) is 12.0. The van der Waals surface area contributed by atoms with Crippen LogP contribution < -0.4 is 4.90 Å². The summed E-state index contributed by atoms with van der Waals surface area (Å²) >= 11 is 0. The Morgan fingerprint density at radius 3 is 2.57 bits per heavy atom. The average molecular weight is 425 g/mol. The molecule has 1 N–H and O–H groups in total. The first-order chi connectivity index (χ1) is 14.5. The molecule has 158 valence electrons. The first kappa shape index (κ1) is 20.7. The summed E-state index contributed by atoms with van der Waals surface area (Å²) in [6, 6.07) is 17.2. The van der Waals surface area contributed by atoms with Gasteiger partial charge < -0.3 is 10.0 Å². The van der Waals surface area contributed by atoms with E-state index in [4.69, 9.17) is 0 Å². The number of aryl methyl sites for hydroxylation is 1. The summed E-state index contributed by atoms with van der Waals surface area (Å²) in [5, 5.41) is 12.7. The molecule has 0 unspecified atom stereocenters. The van der Waals surface area contributed by atoms with E-state index in [-0.39, 0.29) is 0 Å². The number of hydrogen-bond donors (Lipinski definition) is 1. The van der Waals surface area contributed by atoms with Crippen LogP contribution in [0.1, 0.15) is 31.4 Å². The van der Waals surface area contributed by atoms with Gasteiger partial charge in [0.2, 0.25) is 10.0 Å². The lowest BCUT2D eigenvalue weighted by molar-refractivity contribution is 0.445. The van der Waals surface area contributed by atoms with Crippen molar-refractivity contribution in [3.05, 3.63) is 65.7 Å². The fourth-order valence-corrected chi connectivity index (χ4v) is 5.88. The Kier molecular flexibility index (Phi) is 5.71. The van der Waals surface area contributed by atoms with E-state index in [0.29, 0.717) is 30.3 Å². The highest BCUT2D eigenvalue weighted by Crippen LogP contribution is 2.34. The van der Waals surface area contributed by atoms with E-state index in [1.807, 2.05) is 56.3 Å². The molecule has 0 atom stereocenters. The molecule has 0 radical (unpaired) electrons. The summed E-state index contributed by atoms with van der Waals surface area (Å²) in [4.78, 5) is 2.61. The van der Waals surface area contributed by atoms with Crippen molar-refractivity contribution in [2.75, 3.05) is 24.5 Å². The Morgan fingerprint density at radius 1 is 1.03 bits per heavy atom. The number of phenolic OH excluding ortho intramolecular Hbond substituents is 1. The van der Waals surface area contributed by atoms with Crippen LogP contribution in [0.5, 0.6) is 5.75 Å². The van der Waals surface area contributed by atoms with Crippen molar-refractivity contribution >= 4 is 26.5 Å². The van der Waals surface area contributed by atoms with Crippen LogP contribution >= 0.6 is 0 Å². The molecule has 3 aromatic rings. The van der Waals surface area contributed by atoms with Gasteiger partial charge in [-0.05, 0) is 53.4 Å². The van der Waals surface area contributed by atoms with Gasteiger partial charge in [-0.15, -0.1) is 0 Å². The lowest BCUT2D eigenvalue weighted by Crippen LogP contribution is -2.32. The fourth-order valence-electron chi connectivity index (χ4n) is 4.37. The molecule has 0 aliphatic carbocycles. The fraction of sp³-hybridized carbons (Fsp3) is 0.333. The number of sulfonamides is 1. The van der Waals surface area contributed by atoms with Crippen molar-refractivity contribution in [3.63, 3.8) is 0 Å². The molecule has 1 aliphatic rings. The standard InChI is InChI=1S/C24H28N2O3S/c1-3-26(4-2)30(28,29)20-12-13-23-19(16-20)9-7-15-25(23)17-22-21-10-6-5-8-18(21)11-14-24(22)27/h5-6,8,10-14,16,27H,3-4,7,9,15,17H2,1-2H3. The molecule has 0 bridgehead atoms. The van der Waals surface area contributed by atoms with Gasteiger partial charge in [0.05, 0.1) is 4.90 Å². The van der Waals surface area contributed by atoms with Gasteiger partial charge in [0.25, 0.3) is 0 Å². The van der Waals surface area contributed by atoms with Gasteiger partial charge in [0.15, 0.2) is 0 Å². The van der Waals surface area contributed by atoms with Crippen LogP contribution in [0.4, 0.5) is 5.69 Å². The minimum absolute atomic E-state index is 0.293. The second-order valence-electron chi connectivity index (χ2n) is 7.69. The maximum Gasteiger partial charge on any atom is 0.243 e. The van der Waals surface area contributed by atoms with Crippen molar-refractivity contribution in [1.82, 2.24) is 4.31 Å². The number of hydrogen-bond acceptors (Lipinski definition) is 4. The minimum atomic E-state index is -3.47. The zero-order valence-corrected chi connectivity index (χ0v) is 18.3. The normalized spacial score (nSPS) is 14.3. The molecule has 0 fully saturated rings. The van der Waals surface area contributed by atoms with Gasteiger partial charge in [-0.2, -0.15) is 4.31 Å². The number of rotatable bonds is 6. The van der Waals surface area contributed by atoms with Crippen LogP contribution in [0.25, 0.3) is 10.8 Å². The smallest absolute Gasteiger partial charge is 0.243 e. The highest BCUT2D eigenvalue weighted by Gasteiger charge is 2.25. The van der Waals surface area contributed by atoms with Gasteiger partial charge in [0, 0.05) is 37.4 Å². The monoisotopic (exact) mass is 424 g/mol. The molecule has 6 heteroatoms. The van der Waals surface area contributed by atoms with E-state index in [1.165, 1.54) is 4.31 Å². The highest BCUT2D eigenvalue weighted by molar-refractivity contribution is 7.89. The number of benzene rings is 3. The largest absolute Gasteiger partial charge is 0.508 e. The molecular formula is C24H28N2O3S. The number of fused-ring (bicyclic) bond motifs is 2. The van der Waals surface area contributed by atoms with Crippen molar-refractivity contribution in [3.8, 4) is 5.75 Å². The molecule has 4 rings (SSSR count). The second-order valence-corrected chi connectivity index (χ2v) is 9.63. The molecule has 30 heavy (non-hydrogen) atoms. The number of phenols is 1. The quantitative estimate of drug-likeness (QED) is 0.632. The van der Waals surface area contributed by atoms with E-state index in [1.54, 1.807) is 12.1 Å². The van der Waals surface area contributed by atoms with Crippen LogP contribution in [0, 0.1) is 0 Å². The van der Waals surface area contributed by atoms with E-state index < -0.39 is 10.0 Å². The molecule has 0 amide bonds. The average Bonchev–Trinajstić information content (AvgIpc) is 2.76. The van der Waals surface area contributed by atoms with Gasteiger partial charge in [-0.3, -0.25) is 0 Å². The number of anilines is 1. The maximum absolute atomic E-state index is 12.9. The van der Waals surface area contributed by atoms with Crippen LogP contribution in [0.2, 0.25) is 0 Å². The molecular weight excluding hydrogens is 396 g/mol. The van der Waals surface area contributed by atoms with E-state index >= 15 is 0 Å². The van der Waals surface area contributed by atoms with Crippen molar-refractivity contribution < 1.29 is 13.5 Å². The van der Waals surface area contributed by atoms with E-state index in [0.717, 1.165) is 47.0 Å². The first-order valence-electron chi connectivity index (χ1n) is 10.5. The summed E-state index contributed by atoms with van der Waals surface area (Å²) in [6.45, 7) is 6.10. The predicted octanol–water partition coefficient (Wildman–Crippen LogP) is 4.53. The summed E-state index contributed by atoms with van der Waals surface area (Å²) in [5.74, 6) is 0.293. The van der Waals surface area contributed by atoms with E-state index in [2.05, 4.69) is 4.90 Å². The summed E-state index contributed by atoms with van der Waals surface area (Å²) < 4.78 is 27.3. The third kappa shape index (κ3) is 3.66. The topological polar surface area (TPSA) is 60.9 Å². The van der Waals surface area contributed by atoms with Crippen molar-refractivity contribution in [2.24, 2.45) is 0 Å². The van der Waals surface area contributed by atoms with Crippen LogP contribution in [-0.2, 0) is 23.0 Å². The van der Waals surface area contributed by atoms with Crippen molar-refractivity contribution in [1.29, 1.82) is 0 Å². The molecule has 3 aromatic carbocycles. The molecule has 1 aliphatic heterocycles. The predicted molar refractivity (Wildman–Crippen MR) is 122 cm³/mol. The number of nitrogens with zero attached hydrogens (tertiary/aromatic N) is 2. The van der Waals surface area contributed by atoms with E-state index in [9.17, 15) is 13.5 Å². The molecule has 0 saturated carbocycles. The Bertz CT molecular complexity index is 1170. The number of aromatic hydroxyl groups is 1. The van der Waals surface area contributed by atoms with Crippen molar-refractivity contribution in [2.45, 2.75) is 38.1 Å². The maximum atomic E-state index is 12.9. The molecule has 0 aromatic heterocycles. The SMILES string of the molecule is CCN(CC)S(=O)(=O)c1ccc2c(c1)CCCN2Cc1c(O)ccc2ccccc12. The molecule has 0 saturated heterocycles. The van der Waals surface area contributed by atoms with Gasteiger partial charge in [-0.25, -0.2) is 8.42 Å². The Balaban J connectivity index is 1.70. The zero-order chi connectivity index (χ0) is 21.3. The van der Waals surface area contributed by atoms with Gasteiger partial charge in [0.1, 0.15) is 5.75 Å². The van der Waals surface area contributed by atoms with Crippen LogP contribution in [0.3, 0.4) is 0 Å². The highest BCUT2D eigenvalue weighted by atomic mass is 32.2. The molecule has 1 heterocycles. The minimum Gasteiger partial charge on any atom is -0.508 e. The summed E-state index contributed by atoms with van der Waals surface area (Å²) in [5.41, 5.74) is 3.00. The molecule has 0 spiro atoms. The molecule has 5 nitrogen and oxygen atoms in total. The lowest BCUT2D eigenvalue weighted by Gasteiger charge is -2.32. The third-order valence-corrected chi connectivity index (χ3v) is 8.02. The zero-order valence-electron chi connectivity index (χ0n) is 17.5. The van der Waals surface area contributed by atoms with Crippen LogP contribution in [-0.4, -0.2) is 37.5 Å². The second kappa shape index (κ2) is 8.28. The lowest BCUT2D eigenvalue weighted by atomic mass is 9.99. The summed E-state index contributed by atoms with van der Waals surface area (Å²) in [6.07, 6.45) is 1.81.